The summed E-state index contributed by atoms with van der Waals surface area (Å²) in [4.78, 5) is 0. The summed E-state index contributed by atoms with van der Waals surface area (Å²) in [7, 11) is 0. The summed E-state index contributed by atoms with van der Waals surface area (Å²) in [5.74, 6) is 2.75. The van der Waals surface area contributed by atoms with Crippen LogP contribution in [-0.2, 0) is 0 Å². The summed E-state index contributed by atoms with van der Waals surface area (Å²) in [6.07, 6.45) is 4.90. The van der Waals surface area contributed by atoms with Gasteiger partial charge in [0.15, 0.2) is 0 Å². The van der Waals surface area contributed by atoms with Crippen molar-refractivity contribution in [2.75, 3.05) is 26.2 Å². The summed E-state index contributed by atoms with van der Waals surface area (Å²) in [5.41, 5.74) is 0. The van der Waals surface area contributed by atoms with Crippen LogP contribution in [0.1, 0.15) is 81.1 Å². The van der Waals surface area contributed by atoms with Gasteiger partial charge in [0.25, 0.3) is 0 Å². The first kappa shape index (κ1) is 25.9. The molecule has 0 bridgehead atoms. The smallest absolute Gasteiger partial charge is 0.0218 e. The minimum Gasteiger partial charge on any atom is -0.311 e. The monoisotopic (exact) mass is 396 g/mol. The van der Waals surface area contributed by atoms with Crippen LogP contribution in [0.5, 0.6) is 0 Å². The van der Waals surface area contributed by atoms with E-state index in [1.54, 1.807) is 0 Å². The minimum absolute atomic E-state index is 0.537. The molecule has 1 saturated heterocycles. The predicted molar refractivity (Wildman–Crippen MR) is 125 cm³/mol. The zero-order valence-corrected chi connectivity index (χ0v) is 20.3. The molecule has 4 nitrogen and oxygen atoms in total. The molecule has 4 heteroatoms. The lowest BCUT2D eigenvalue weighted by molar-refractivity contribution is 0.238. The lowest BCUT2D eigenvalue weighted by Crippen LogP contribution is -2.58. The normalized spacial score (nSPS) is 32.6. The van der Waals surface area contributed by atoms with Crippen LogP contribution in [0.4, 0.5) is 0 Å². The van der Waals surface area contributed by atoms with E-state index >= 15 is 0 Å². The van der Waals surface area contributed by atoms with E-state index in [-0.39, 0.29) is 0 Å². The van der Waals surface area contributed by atoms with Crippen LogP contribution in [0.2, 0.25) is 0 Å². The van der Waals surface area contributed by atoms with Gasteiger partial charge in [-0.25, -0.2) is 0 Å². The molecule has 0 aromatic heterocycles. The molecule has 0 amide bonds. The maximum atomic E-state index is 3.94. The quantitative estimate of drug-likeness (QED) is 0.500. The van der Waals surface area contributed by atoms with Crippen LogP contribution in [0.25, 0.3) is 0 Å². The van der Waals surface area contributed by atoms with E-state index in [1.807, 2.05) is 0 Å². The number of hydrogen-bond donors (Lipinski definition) is 4. The molecule has 1 rings (SSSR count). The highest BCUT2D eigenvalue weighted by molar-refractivity contribution is 4.88. The fourth-order valence-electron chi connectivity index (χ4n) is 4.15. The van der Waals surface area contributed by atoms with Crippen molar-refractivity contribution in [1.29, 1.82) is 0 Å². The number of nitrogens with one attached hydrogen (secondary N) is 4. The molecule has 0 aromatic rings. The maximum Gasteiger partial charge on any atom is 0.0218 e. The Kier molecular flexibility index (Phi) is 12.9. The zero-order valence-electron chi connectivity index (χ0n) is 20.3. The molecular formula is C24H52N4. The van der Waals surface area contributed by atoms with Crippen molar-refractivity contribution >= 4 is 0 Å². The van der Waals surface area contributed by atoms with Crippen LogP contribution in [0.15, 0.2) is 0 Å². The molecule has 0 radical (unpaired) electrons. The van der Waals surface area contributed by atoms with Gasteiger partial charge >= 0.3 is 0 Å². The van der Waals surface area contributed by atoms with Crippen molar-refractivity contribution in [3.8, 4) is 0 Å². The van der Waals surface area contributed by atoms with E-state index in [0.717, 1.165) is 26.2 Å². The molecule has 1 aliphatic heterocycles. The van der Waals surface area contributed by atoms with E-state index < -0.39 is 0 Å². The molecular weight excluding hydrogens is 344 g/mol. The van der Waals surface area contributed by atoms with Crippen LogP contribution >= 0.6 is 0 Å². The molecule has 28 heavy (non-hydrogen) atoms. The predicted octanol–water partition coefficient (Wildman–Crippen LogP) is 4.02. The molecule has 0 aliphatic carbocycles. The first-order valence-corrected chi connectivity index (χ1v) is 12.3. The standard InChI is InChI=1S/C24H52N4/c1-9-17(5)21-13-26-23(19(7)11-3)15-28-24(20(8)12-4)16-27-22(14-25-21)18(6)10-2/h17-28H,9-16H2,1-8H3/t17-,18-,19-,20-,21+,22+,23+,24+/m0/s1. The fourth-order valence-corrected chi connectivity index (χ4v) is 4.15. The Hall–Kier alpha value is -0.160. The summed E-state index contributed by atoms with van der Waals surface area (Å²) < 4.78 is 0. The molecule has 0 aromatic carbocycles. The third-order valence-electron chi connectivity index (χ3n) is 7.72. The van der Waals surface area contributed by atoms with E-state index in [2.05, 4.69) is 76.7 Å². The Morgan fingerprint density at radius 3 is 0.786 bits per heavy atom. The van der Waals surface area contributed by atoms with Crippen molar-refractivity contribution in [2.24, 2.45) is 23.7 Å². The summed E-state index contributed by atoms with van der Waals surface area (Å²) >= 11 is 0. The highest BCUT2D eigenvalue weighted by atomic mass is 15.1. The average Bonchev–Trinajstić information content (AvgIpc) is 2.71. The van der Waals surface area contributed by atoms with Gasteiger partial charge in [-0.05, 0) is 23.7 Å². The highest BCUT2D eigenvalue weighted by Crippen LogP contribution is 2.15. The zero-order chi connectivity index (χ0) is 21.1. The third-order valence-corrected chi connectivity index (χ3v) is 7.72. The largest absolute Gasteiger partial charge is 0.311 e. The van der Waals surface area contributed by atoms with Crippen LogP contribution in [-0.4, -0.2) is 50.3 Å². The van der Waals surface area contributed by atoms with Gasteiger partial charge in [0, 0.05) is 50.3 Å². The minimum atomic E-state index is 0.537. The van der Waals surface area contributed by atoms with Crippen LogP contribution in [0.3, 0.4) is 0 Å². The van der Waals surface area contributed by atoms with E-state index in [0.29, 0.717) is 47.8 Å². The van der Waals surface area contributed by atoms with Gasteiger partial charge in [-0.2, -0.15) is 0 Å². The topological polar surface area (TPSA) is 48.1 Å². The van der Waals surface area contributed by atoms with Crippen molar-refractivity contribution in [2.45, 2.75) is 105 Å². The number of hydrogen-bond acceptors (Lipinski definition) is 4. The lowest BCUT2D eigenvalue weighted by Gasteiger charge is -2.36. The van der Waals surface area contributed by atoms with Gasteiger partial charge in [-0.3, -0.25) is 0 Å². The number of rotatable bonds is 8. The van der Waals surface area contributed by atoms with Gasteiger partial charge in [0.1, 0.15) is 0 Å². The molecule has 1 fully saturated rings. The molecule has 0 saturated carbocycles. The van der Waals surface area contributed by atoms with Crippen molar-refractivity contribution < 1.29 is 0 Å². The second-order valence-corrected chi connectivity index (χ2v) is 9.60. The lowest BCUT2D eigenvalue weighted by atomic mass is 9.92. The summed E-state index contributed by atoms with van der Waals surface area (Å²) in [6, 6.07) is 2.15. The molecule has 4 N–H and O–H groups in total. The second-order valence-electron chi connectivity index (χ2n) is 9.60. The second kappa shape index (κ2) is 14.0. The van der Waals surface area contributed by atoms with Gasteiger partial charge in [-0.15, -0.1) is 0 Å². The SMILES string of the molecule is CC[C@H](C)[C@H]1CN[C@@H]([C@@H](C)CC)CN[C@@H]([C@@H](C)CC)CN[C@@H]([C@@H](C)CC)CN1. The fraction of sp³-hybridized carbons (Fsp3) is 1.00. The Labute approximate surface area is 176 Å². The Bertz CT molecular complexity index is 301. The maximum absolute atomic E-state index is 3.94. The van der Waals surface area contributed by atoms with Crippen LogP contribution < -0.4 is 21.3 Å². The molecule has 1 aliphatic rings. The van der Waals surface area contributed by atoms with E-state index in [9.17, 15) is 0 Å². The summed E-state index contributed by atoms with van der Waals surface area (Å²) in [6.45, 7) is 23.1. The average molecular weight is 397 g/mol. The van der Waals surface area contributed by atoms with Crippen molar-refractivity contribution in [1.82, 2.24) is 21.3 Å². The molecule has 0 spiro atoms. The van der Waals surface area contributed by atoms with E-state index in [4.69, 9.17) is 0 Å². The molecule has 8 atom stereocenters. The third kappa shape index (κ3) is 8.30. The first-order valence-electron chi connectivity index (χ1n) is 12.3. The first-order chi connectivity index (χ1) is 13.4. The van der Waals surface area contributed by atoms with Gasteiger partial charge in [0.2, 0.25) is 0 Å². The highest BCUT2D eigenvalue weighted by Gasteiger charge is 2.26. The molecule has 1 heterocycles. The van der Waals surface area contributed by atoms with Gasteiger partial charge in [0.05, 0.1) is 0 Å². The van der Waals surface area contributed by atoms with Crippen molar-refractivity contribution in [3.63, 3.8) is 0 Å². The van der Waals surface area contributed by atoms with E-state index in [1.165, 1.54) is 25.7 Å². The Morgan fingerprint density at radius 2 is 0.643 bits per heavy atom. The molecule has 0 unspecified atom stereocenters. The summed E-state index contributed by atoms with van der Waals surface area (Å²) in [5, 5.41) is 15.8. The Balaban J connectivity index is 2.98. The molecule has 168 valence electrons. The Morgan fingerprint density at radius 1 is 0.464 bits per heavy atom. The van der Waals surface area contributed by atoms with Gasteiger partial charge in [-0.1, -0.05) is 81.1 Å². The van der Waals surface area contributed by atoms with Gasteiger partial charge < -0.3 is 21.3 Å². The van der Waals surface area contributed by atoms with Crippen LogP contribution in [0, 0.1) is 23.7 Å². The van der Waals surface area contributed by atoms with Crippen molar-refractivity contribution in [3.05, 3.63) is 0 Å².